The summed E-state index contributed by atoms with van der Waals surface area (Å²) < 4.78 is 32.8. The molecule has 0 amide bonds. The predicted octanol–water partition coefficient (Wildman–Crippen LogP) is 3.44. The summed E-state index contributed by atoms with van der Waals surface area (Å²) in [6.07, 6.45) is 3.73. The number of fused-ring (bicyclic) bond motifs is 1. The minimum absolute atomic E-state index is 0. The Morgan fingerprint density at radius 2 is 1.75 bits per heavy atom. The molecule has 2 rings (SSSR count). The average molecular weight is 301 g/mol. The molecule has 20 heavy (non-hydrogen) atoms. The molecule has 0 bridgehead atoms. The zero-order valence-corrected chi connectivity index (χ0v) is 14.8. The largest absolute Gasteiger partial charge is 0.295 e. The third kappa shape index (κ3) is 4.06. The SMILES string of the molecule is CCCCCc1ccc2ccccc2c1S(=O)(=O)O.[Na]. The summed E-state index contributed by atoms with van der Waals surface area (Å²) in [4.78, 5) is 0.0710. The zero-order valence-electron chi connectivity index (χ0n) is 12.0. The molecule has 0 aliphatic heterocycles. The fourth-order valence-electron chi connectivity index (χ4n) is 2.36. The molecular formula is C15H18NaO3S. The second-order valence-electron chi connectivity index (χ2n) is 4.71. The van der Waals surface area contributed by atoms with Crippen molar-refractivity contribution >= 4 is 50.4 Å². The van der Waals surface area contributed by atoms with E-state index < -0.39 is 10.1 Å². The van der Waals surface area contributed by atoms with Crippen LogP contribution in [0.2, 0.25) is 0 Å². The number of aryl methyl sites for hydroxylation is 1. The van der Waals surface area contributed by atoms with Crippen LogP contribution in [0.3, 0.4) is 0 Å². The standard InChI is InChI=1S/C15H18O3S.Na/c1-2-3-4-8-13-11-10-12-7-5-6-9-14(12)15(13)19(16,17)18;/h5-7,9-11H,2-4,8H2,1H3,(H,16,17,18);. The van der Waals surface area contributed by atoms with Crippen molar-refractivity contribution in [3.05, 3.63) is 42.0 Å². The molecule has 103 valence electrons. The van der Waals surface area contributed by atoms with Gasteiger partial charge in [0.25, 0.3) is 10.1 Å². The minimum atomic E-state index is -4.20. The Morgan fingerprint density at radius 1 is 1.05 bits per heavy atom. The van der Waals surface area contributed by atoms with Crippen molar-refractivity contribution in [2.24, 2.45) is 0 Å². The maximum absolute atomic E-state index is 11.7. The molecule has 0 spiro atoms. The molecule has 0 aliphatic carbocycles. The van der Waals surface area contributed by atoms with Crippen molar-refractivity contribution in [1.29, 1.82) is 0 Å². The van der Waals surface area contributed by atoms with Crippen LogP contribution in [0.4, 0.5) is 0 Å². The van der Waals surface area contributed by atoms with Crippen molar-refractivity contribution in [3.8, 4) is 0 Å². The molecular weight excluding hydrogens is 283 g/mol. The zero-order chi connectivity index (χ0) is 13.9. The van der Waals surface area contributed by atoms with Crippen LogP contribution >= 0.6 is 0 Å². The van der Waals surface area contributed by atoms with E-state index in [4.69, 9.17) is 0 Å². The van der Waals surface area contributed by atoms with E-state index in [2.05, 4.69) is 6.92 Å². The van der Waals surface area contributed by atoms with Crippen molar-refractivity contribution < 1.29 is 13.0 Å². The molecule has 0 saturated carbocycles. The Labute approximate surface area is 142 Å². The minimum Gasteiger partial charge on any atom is -0.282 e. The Balaban J connectivity index is 0.00000200. The maximum atomic E-state index is 11.7. The first-order chi connectivity index (χ1) is 9.04. The topological polar surface area (TPSA) is 54.4 Å². The molecule has 0 aromatic heterocycles. The molecule has 1 N–H and O–H groups in total. The smallest absolute Gasteiger partial charge is 0.282 e. The van der Waals surface area contributed by atoms with Crippen LogP contribution in [-0.4, -0.2) is 42.5 Å². The van der Waals surface area contributed by atoms with E-state index in [1.807, 2.05) is 18.2 Å². The first-order valence-corrected chi connectivity index (χ1v) is 7.96. The molecule has 2 aromatic carbocycles. The van der Waals surface area contributed by atoms with Crippen LogP contribution in [0.25, 0.3) is 10.8 Å². The van der Waals surface area contributed by atoms with Gasteiger partial charge in [0, 0.05) is 34.9 Å². The Kier molecular flexibility index (Phi) is 6.69. The number of hydrogen-bond acceptors (Lipinski definition) is 2. The number of benzene rings is 2. The maximum Gasteiger partial charge on any atom is 0.295 e. The fraction of sp³-hybridized carbons (Fsp3) is 0.333. The molecule has 0 unspecified atom stereocenters. The molecule has 5 heteroatoms. The summed E-state index contributed by atoms with van der Waals surface area (Å²) in [5.74, 6) is 0. The van der Waals surface area contributed by atoms with E-state index in [0.717, 1.165) is 24.6 Å². The molecule has 2 aromatic rings. The van der Waals surface area contributed by atoms with Crippen molar-refractivity contribution in [1.82, 2.24) is 0 Å². The summed E-state index contributed by atoms with van der Waals surface area (Å²) in [6.45, 7) is 2.10. The van der Waals surface area contributed by atoms with Gasteiger partial charge in [-0.3, -0.25) is 4.55 Å². The van der Waals surface area contributed by atoms with Gasteiger partial charge in [0.1, 0.15) is 4.90 Å². The Bertz CT molecular complexity index is 681. The van der Waals surface area contributed by atoms with Crippen LogP contribution in [-0.2, 0) is 16.5 Å². The average Bonchev–Trinajstić information content (AvgIpc) is 2.37. The summed E-state index contributed by atoms with van der Waals surface area (Å²) in [5, 5.41) is 1.42. The van der Waals surface area contributed by atoms with Crippen molar-refractivity contribution in [2.75, 3.05) is 0 Å². The molecule has 0 aliphatic rings. The second kappa shape index (κ2) is 7.57. The quantitative estimate of drug-likeness (QED) is 0.523. The van der Waals surface area contributed by atoms with Crippen molar-refractivity contribution in [2.45, 2.75) is 37.5 Å². The molecule has 0 atom stereocenters. The van der Waals surface area contributed by atoms with Gasteiger partial charge in [-0.25, -0.2) is 0 Å². The van der Waals surface area contributed by atoms with Gasteiger partial charge in [0.2, 0.25) is 0 Å². The Morgan fingerprint density at radius 3 is 2.40 bits per heavy atom. The first-order valence-electron chi connectivity index (χ1n) is 6.52. The van der Waals surface area contributed by atoms with Gasteiger partial charge in [-0.15, -0.1) is 0 Å². The van der Waals surface area contributed by atoms with E-state index in [1.165, 1.54) is 0 Å². The summed E-state index contributed by atoms with van der Waals surface area (Å²) in [5.41, 5.74) is 0.703. The molecule has 0 fully saturated rings. The van der Waals surface area contributed by atoms with Crippen molar-refractivity contribution in [3.63, 3.8) is 0 Å². The second-order valence-corrected chi connectivity index (χ2v) is 6.07. The normalized spacial score (nSPS) is 11.3. The molecule has 3 nitrogen and oxygen atoms in total. The molecule has 0 heterocycles. The van der Waals surface area contributed by atoms with Gasteiger partial charge in [0.05, 0.1) is 0 Å². The van der Waals surface area contributed by atoms with E-state index in [0.29, 0.717) is 17.4 Å². The summed E-state index contributed by atoms with van der Waals surface area (Å²) in [7, 11) is -4.20. The van der Waals surface area contributed by atoms with E-state index in [-0.39, 0.29) is 34.5 Å². The Hall–Kier alpha value is -0.390. The summed E-state index contributed by atoms with van der Waals surface area (Å²) >= 11 is 0. The van der Waals surface area contributed by atoms with Gasteiger partial charge in [0.15, 0.2) is 0 Å². The van der Waals surface area contributed by atoms with Crippen LogP contribution in [0, 0.1) is 0 Å². The monoisotopic (exact) mass is 301 g/mol. The van der Waals surface area contributed by atoms with E-state index in [9.17, 15) is 13.0 Å². The van der Waals surface area contributed by atoms with Gasteiger partial charge < -0.3 is 0 Å². The molecule has 0 saturated heterocycles. The van der Waals surface area contributed by atoms with Crippen LogP contribution < -0.4 is 0 Å². The van der Waals surface area contributed by atoms with Gasteiger partial charge in [-0.1, -0.05) is 56.2 Å². The van der Waals surface area contributed by atoms with Gasteiger partial charge >= 0.3 is 0 Å². The molecule has 1 radical (unpaired) electrons. The predicted molar refractivity (Wildman–Crippen MR) is 82.7 cm³/mol. The van der Waals surface area contributed by atoms with E-state index >= 15 is 0 Å². The van der Waals surface area contributed by atoms with E-state index in [1.54, 1.807) is 18.2 Å². The van der Waals surface area contributed by atoms with Crippen LogP contribution in [0.1, 0.15) is 31.7 Å². The first kappa shape index (κ1) is 17.7. The number of hydrogen-bond donors (Lipinski definition) is 1. The third-order valence-corrected chi connectivity index (χ3v) is 4.27. The fourth-order valence-corrected chi connectivity index (χ4v) is 3.32. The third-order valence-electron chi connectivity index (χ3n) is 3.27. The van der Waals surface area contributed by atoms with Crippen LogP contribution in [0.5, 0.6) is 0 Å². The summed E-state index contributed by atoms with van der Waals surface area (Å²) in [6, 6.07) is 10.9. The number of unbranched alkanes of at least 4 members (excludes halogenated alkanes) is 2. The number of rotatable bonds is 5. The van der Waals surface area contributed by atoms with Crippen LogP contribution in [0.15, 0.2) is 41.3 Å². The van der Waals surface area contributed by atoms with Gasteiger partial charge in [-0.05, 0) is 23.8 Å². The van der Waals surface area contributed by atoms with Gasteiger partial charge in [-0.2, -0.15) is 8.42 Å².